The number of halogens is 1. The number of aromatic nitrogens is 2. The Bertz CT molecular complexity index is 320. The van der Waals surface area contributed by atoms with Crippen LogP contribution in [0.25, 0.3) is 0 Å². The molecule has 0 amide bonds. The molecule has 1 aromatic heterocycles. The Morgan fingerprint density at radius 2 is 2.29 bits per heavy atom. The first-order valence-electron chi connectivity index (χ1n) is 4.84. The van der Waals surface area contributed by atoms with Crippen molar-refractivity contribution >= 4 is 17.9 Å². The van der Waals surface area contributed by atoms with E-state index in [-0.39, 0.29) is 0 Å². The lowest BCUT2D eigenvalue weighted by molar-refractivity contribution is -0.107. The summed E-state index contributed by atoms with van der Waals surface area (Å²) >= 11 is 6.14. The van der Waals surface area contributed by atoms with E-state index in [0.717, 1.165) is 42.0 Å². The van der Waals surface area contributed by atoms with Gasteiger partial charge in [-0.15, -0.1) is 0 Å². The molecule has 0 N–H and O–H groups in total. The number of aryl methyl sites for hydroxylation is 2. The molecule has 1 heterocycles. The predicted octanol–water partition coefficient (Wildman–Crippen LogP) is 2.16. The van der Waals surface area contributed by atoms with E-state index in [2.05, 4.69) is 5.10 Å². The van der Waals surface area contributed by atoms with E-state index in [0.29, 0.717) is 6.42 Å². The molecular formula is C10H15ClN2O. The second-order valence-electron chi connectivity index (χ2n) is 3.24. The second-order valence-corrected chi connectivity index (χ2v) is 3.62. The summed E-state index contributed by atoms with van der Waals surface area (Å²) in [6.45, 7) is 2.03. The summed E-state index contributed by atoms with van der Waals surface area (Å²) in [5.41, 5.74) is 1.97. The van der Waals surface area contributed by atoms with E-state index in [1.54, 1.807) is 0 Å². The first-order chi connectivity index (χ1) is 6.70. The minimum atomic E-state index is 0.586. The van der Waals surface area contributed by atoms with Crippen molar-refractivity contribution in [3.05, 3.63) is 16.4 Å². The number of nitrogens with zero attached hydrogens (tertiary/aromatic N) is 2. The maximum Gasteiger partial charge on any atom is 0.120 e. The van der Waals surface area contributed by atoms with Crippen LogP contribution < -0.4 is 0 Å². The number of unbranched alkanes of at least 4 members (excludes halogenated alkanes) is 1. The van der Waals surface area contributed by atoms with Crippen molar-refractivity contribution < 1.29 is 4.79 Å². The van der Waals surface area contributed by atoms with Gasteiger partial charge in [0.2, 0.25) is 0 Å². The van der Waals surface area contributed by atoms with Gasteiger partial charge in [0, 0.05) is 13.5 Å². The fraction of sp³-hybridized carbons (Fsp3) is 0.600. The van der Waals surface area contributed by atoms with Crippen LogP contribution in [0.5, 0.6) is 0 Å². The average molecular weight is 215 g/mol. The molecule has 0 saturated carbocycles. The molecule has 14 heavy (non-hydrogen) atoms. The third kappa shape index (κ3) is 2.35. The lowest BCUT2D eigenvalue weighted by Gasteiger charge is -1.99. The molecule has 0 aliphatic rings. The number of hydrogen-bond acceptors (Lipinski definition) is 2. The van der Waals surface area contributed by atoms with Gasteiger partial charge in [-0.25, -0.2) is 0 Å². The Balaban J connectivity index is 2.74. The van der Waals surface area contributed by atoms with Gasteiger partial charge in [0.15, 0.2) is 0 Å². The van der Waals surface area contributed by atoms with Gasteiger partial charge in [-0.05, 0) is 19.3 Å². The van der Waals surface area contributed by atoms with Gasteiger partial charge in [-0.2, -0.15) is 5.10 Å². The van der Waals surface area contributed by atoms with E-state index in [1.807, 2.05) is 18.7 Å². The maximum atomic E-state index is 10.2. The second kappa shape index (κ2) is 5.15. The fourth-order valence-electron chi connectivity index (χ4n) is 1.44. The van der Waals surface area contributed by atoms with Gasteiger partial charge < -0.3 is 4.79 Å². The van der Waals surface area contributed by atoms with Gasteiger partial charge in [-0.1, -0.05) is 18.5 Å². The van der Waals surface area contributed by atoms with E-state index < -0.39 is 0 Å². The van der Waals surface area contributed by atoms with Crippen molar-refractivity contribution in [1.82, 2.24) is 9.78 Å². The monoisotopic (exact) mass is 214 g/mol. The minimum Gasteiger partial charge on any atom is -0.303 e. The van der Waals surface area contributed by atoms with E-state index in [1.165, 1.54) is 0 Å². The van der Waals surface area contributed by atoms with E-state index in [9.17, 15) is 4.79 Å². The molecule has 78 valence electrons. The van der Waals surface area contributed by atoms with Crippen molar-refractivity contribution in [1.29, 1.82) is 0 Å². The predicted molar refractivity (Wildman–Crippen MR) is 56.6 cm³/mol. The summed E-state index contributed by atoms with van der Waals surface area (Å²) in [7, 11) is 1.89. The van der Waals surface area contributed by atoms with Crippen LogP contribution in [0.4, 0.5) is 0 Å². The van der Waals surface area contributed by atoms with Crippen LogP contribution in [0.2, 0.25) is 5.02 Å². The van der Waals surface area contributed by atoms with Gasteiger partial charge in [0.1, 0.15) is 6.29 Å². The third-order valence-electron chi connectivity index (χ3n) is 2.24. The molecule has 0 aliphatic heterocycles. The maximum absolute atomic E-state index is 10.2. The van der Waals surface area contributed by atoms with Crippen LogP contribution in [0.15, 0.2) is 0 Å². The number of hydrogen-bond donors (Lipinski definition) is 0. The first-order valence-corrected chi connectivity index (χ1v) is 5.22. The average Bonchev–Trinajstić information content (AvgIpc) is 2.45. The lowest BCUT2D eigenvalue weighted by atomic mass is 10.2. The first kappa shape index (κ1) is 11.2. The highest BCUT2D eigenvalue weighted by atomic mass is 35.5. The van der Waals surface area contributed by atoms with Crippen molar-refractivity contribution in [2.45, 2.75) is 32.6 Å². The molecule has 0 bridgehead atoms. The molecule has 0 spiro atoms. The SMILES string of the molecule is CCc1nn(C)c(CCCC=O)c1Cl. The number of aldehydes is 1. The minimum absolute atomic E-state index is 0.586. The summed E-state index contributed by atoms with van der Waals surface area (Å²) < 4.78 is 1.81. The Labute approximate surface area is 89.1 Å². The van der Waals surface area contributed by atoms with Gasteiger partial charge in [0.05, 0.1) is 16.4 Å². The standard InChI is InChI=1S/C10H15ClN2O/c1-3-8-10(11)9(13(2)12-8)6-4-5-7-14/h7H,3-6H2,1-2H3. The topological polar surface area (TPSA) is 34.9 Å². The van der Waals surface area contributed by atoms with Crippen LogP contribution in [0, 0.1) is 0 Å². The molecule has 0 radical (unpaired) electrons. The normalized spacial score (nSPS) is 10.5. The fourth-order valence-corrected chi connectivity index (χ4v) is 1.83. The number of carbonyl (C=O) groups is 1. The molecule has 1 aromatic rings. The van der Waals surface area contributed by atoms with Crippen molar-refractivity contribution in [3.8, 4) is 0 Å². The van der Waals surface area contributed by atoms with Gasteiger partial charge in [0.25, 0.3) is 0 Å². The zero-order valence-electron chi connectivity index (χ0n) is 8.59. The Kier molecular flexibility index (Phi) is 4.14. The molecule has 0 saturated heterocycles. The highest BCUT2D eigenvalue weighted by Gasteiger charge is 2.11. The summed E-state index contributed by atoms with van der Waals surface area (Å²) in [6.07, 6.45) is 4.03. The summed E-state index contributed by atoms with van der Waals surface area (Å²) in [5, 5.41) is 5.07. The van der Waals surface area contributed by atoms with Crippen LogP contribution in [-0.4, -0.2) is 16.1 Å². The Morgan fingerprint density at radius 1 is 1.57 bits per heavy atom. The van der Waals surface area contributed by atoms with Crippen LogP contribution in [-0.2, 0) is 24.7 Å². The molecule has 1 rings (SSSR count). The molecule has 4 heteroatoms. The van der Waals surface area contributed by atoms with E-state index >= 15 is 0 Å². The smallest absolute Gasteiger partial charge is 0.120 e. The van der Waals surface area contributed by atoms with Crippen molar-refractivity contribution in [2.75, 3.05) is 0 Å². The number of carbonyl (C=O) groups excluding carboxylic acids is 1. The molecule has 0 atom stereocenters. The van der Waals surface area contributed by atoms with Crippen LogP contribution in [0.1, 0.15) is 31.2 Å². The highest BCUT2D eigenvalue weighted by molar-refractivity contribution is 6.31. The van der Waals surface area contributed by atoms with Gasteiger partial charge in [-0.3, -0.25) is 4.68 Å². The highest BCUT2D eigenvalue weighted by Crippen LogP contribution is 2.22. The molecule has 0 unspecified atom stereocenters. The molecular weight excluding hydrogens is 200 g/mol. The summed E-state index contributed by atoms with van der Waals surface area (Å²) in [6, 6.07) is 0. The van der Waals surface area contributed by atoms with Crippen molar-refractivity contribution in [2.24, 2.45) is 7.05 Å². The quantitative estimate of drug-likeness (QED) is 0.556. The molecule has 3 nitrogen and oxygen atoms in total. The van der Waals surface area contributed by atoms with E-state index in [4.69, 9.17) is 11.6 Å². The third-order valence-corrected chi connectivity index (χ3v) is 2.67. The Hall–Kier alpha value is -0.830. The summed E-state index contributed by atoms with van der Waals surface area (Å²) in [4.78, 5) is 10.2. The number of rotatable bonds is 5. The zero-order chi connectivity index (χ0) is 10.6. The molecule has 0 aromatic carbocycles. The molecule has 0 fully saturated rings. The molecule has 0 aliphatic carbocycles. The largest absolute Gasteiger partial charge is 0.303 e. The zero-order valence-corrected chi connectivity index (χ0v) is 9.34. The van der Waals surface area contributed by atoms with Crippen LogP contribution in [0.3, 0.4) is 0 Å². The van der Waals surface area contributed by atoms with Crippen molar-refractivity contribution in [3.63, 3.8) is 0 Å². The van der Waals surface area contributed by atoms with Gasteiger partial charge >= 0.3 is 0 Å². The Morgan fingerprint density at radius 3 is 2.79 bits per heavy atom. The van der Waals surface area contributed by atoms with Crippen LogP contribution >= 0.6 is 11.6 Å². The summed E-state index contributed by atoms with van der Waals surface area (Å²) in [5.74, 6) is 0. The lowest BCUT2D eigenvalue weighted by Crippen LogP contribution is -1.98.